The maximum atomic E-state index is 13.3. The van der Waals surface area contributed by atoms with E-state index in [9.17, 15) is 13.2 Å². The van der Waals surface area contributed by atoms with E-state index in [-0.39, 0.29) is 24.7 Å². The Bertz CT molecular complexity index is 976. The zero-order valence-electron chi connectivity index (χ0n) is 20.6. The van der Waals surface area contributed by atoms with Gasteiger partial charge in [-0.1, -0.05) is 41.4 Å². The summed E-state index contributed by atoms with van der Waals surface area (Å²) < 4.78 is 35.1. The average Bonchev–Trinajstić information content (AvgIpc) is 3.26. The minimum absolute atomic E-state index is 0.0279. The van der Waals surface area contributed by atoms with Crippen molar-refractivity contribution in [1.82, 2.24) is 13.8 Å². The maximum absolute atomic E-state index is 13.3. The minimum Gasteiger partial charge on any atom is -0.382 e. The number of amides is 1. The molecule has 2 rings (SSSR count). The first-order chi connectivity index (χ1) is 16.3. The predicted molar refractivity (Wildman–Crippen MR) is 140 cm³/mol. The van der Waals surface area contributed by atoms with E-state index in [1.54, 1.807) is 11.8 Å². The summed E-state index contributed by atoms with van der Waals surface area (Å²) in [5.74, 6) is -0.196. The van der Waals surface area contributed by atoms with E-state index in [0.717, 1.165) is 23.0 Å². The van der Waals surface area contributed by atoms with Crippen LogP contribution < -0.4 is 0 Å². The van der Waals surface area contributed by atoms with E-state index in [4.69, 9.17) is 4.74 Å². The molecule has 0 N–H and O–H groups in total. The summed E-state index contributed by atoms with van der Waals surface area (Å²) in [6.07, 6.45) is 4.39. The van der Waals surface area contributed by atoms with Crippen LogP contribution in [0.25, 0.3) is 0 Å². The van der Waals surface area contributed by atoms with Gasteiger partial charge in [0.2, 0.25) is 15.9 Å². The van der Waals surface area contributed by atoms with Gasteiger partial charge in [-0.05, 0) is 56.5 Å². The highest BCUT2D eigenvalue weighted by atomic mass is 79.9. The average molecular weight is 557 g/mol. The van der Waals surface area contributed by atoms with Crippen molar-refractivity contribution in [1.29, 1.82) is 0 Å². The number of carbonyl (C=O) groups excluding carboxylic acids is 1. The summed E-state index contributed by atoms with van der Waals surface area (Å²) in [6.45, 7) is 8.55. The number of hydrogen-bond acceptors (Lipinski definition) is 4. The Balaban J connectivity index is 2.14. The number of unbranched alkanes of at least 4 members (excludes halogenated alkanes) is 1. The highest BCUT2D eigenvalue weighted by Gasteiger charge is 2.25. The molecule has 7 nitrogen and oxygen atoms in total. The standard InChI is InChI=1S/C25H38BrN3O4S/c1-4-7-15-28(25(30)21-29(34(31,32)6-3)17-9-18-33-5-2)20-24-10-8-16-27(24)19-22-11-13-23(26)14-12-22/h8,10-14,16H,4-7,9,15,17-21H2,1-3H3. The van der Waals surface area contributed by atoms with Crippen LogP contribution in [-0.4, -0.2) is 66.7 Å². The van der Waals surface area contributed by atoms with Crippen molar-refractivity contribution in [2.75, 3.05) is 38.6 Å². The van der Waals surface area contributed by atoms with Crippen LogP contribution in [0.15, 0.2) is 47.1 Å². The number of hydrogen-bond donors (Lipinski definition) is 0. The summed E-state index contributed by atoms with van der Waals surface area (Å²) in [6, 6.07) is 12.2. The van der Waals surface area contributed by atoms with Gasteiger partial charge < -0.3 is 14.2 Å². The Kier molecular flexibility index (Phi) is 12.3. The van der Waals surface area contributed by atoms with Gasteiger partial charge in [0, 0.05) is 49.2 Å². The molecule has 0 aliphatic rings. The molecule has 0 atom stereocenters. The first-order valence-electron chi connectivity index (χ1n) is 12.0. The number of sulfonamides is 1. The van der Waals surface area contributed by atoms with Gasteiger partial charge in [0.05, 0.1) is 18.8 Å². The number of benzene rings is 1. The molecule has 34 heavy (non-hydrogen) atoms. The largest absolute Gasteiger partial charge is 0.382 e. The van der Waals surface area contributed by atoms with Gasteiger partial charge in [0.15, 0.2) is 0 Å². The molecule has 0 aliphatic heterocycles. The monoisotopic (exact) mass is 555 g/mol. The highest BCUT2D eigenvalue weighted by molar-refractivity contribution is 9.10. The third-order valence-electron chi connectivity index (χ3n) is 5.65. The summed E-state index contributed by atoms with van der Waals surface area (Å²) in [7, 11) is -3.49. The number of halogens is 1. The first-order valence-corrected chi connectivity index (χ1v) is 14.4. The fourth-order valence-corrected chi connectivity index (χ4v) is 4.95. The lowest BCUT2D eigenvalue weighted by atomic mass is 10.2. The SMILES string of the molecule is CCCCN(Cc1cccn1Cc1ccc(Br)cc1)C(=O)CN(CCCOCC)S(=O)(=O)CC. The second kappa shape index (κ2) is 14.7. The number of ether oxygens (including phenoxy) is 1. The van der Waals surface area contributed by atoms with Gasteiger partial charge in [-0.25, -0.2) is 8.42 Å². The van der Waals surface area contributed by atoms with Gasteiger partial charge in [-0.15, -0.1) is 0 Å². The molecule has 0 unspecified atom stereocenters. The van der Waals surface area contributed by atoms with Crippen LogP contribution in [0, 0.1) is 0 Å². The smallest absolute Gasteiger partial charge is 0.238 e. The highest BCUT2D eigenvalue weighted by Crippen LogP contribution is 2.15. The first kappa shape index (κ1) is 28.6. The van der Waals surface area contributed by atoms with Crippen LogP contribution in [0.2, 0.25) is 0 Å². The summed E-state index contributed by atoms with van der Waals surface area (Å²) in [5, 5.41) is 0. The van der Waals surface area contributed by atoms with Crippen LogP contribution >= 0.6 is 15.9 Å². The summed E-state index contributed by atoms with van der Waals surface area (Å²) in [4.78, 5) is 15.1. The number of rotatable bonds is 16. The summed E-state index contributed by atoms with van der Waals surface area (Å²) >= 11 is 3.47. The van der Waals surface area contributed by atoms with Crippen molar-refractivity contribution >= 4 is 31.9 Å². The van der Waals surface area contributed by atoms with Gasteiger partial charge >= 0.3 is 0 Å². The van der Waals surface area contributed by atoms with Gasteiger partial charge in [0.1, 0.15) is 0 Å². The molecule has 0 spiro atoms. The van der Waals surface area contributed by atoms with Crippen molar-refractivity contribution in [3.8, 4) is 0 Å². The van der Waals surface area contributed by atoms with Crippen LogP contribution in [0.3, 0.4) is 0 Å². The van der Waals surface area contributed by atoms with Crippen LogP contribution in [-0.2, 0) is 32.6 Å². The molecule has 1 aromatic carbocycles. The molecule has 0 saturated carbocycles. The van der Waals surface area contributed by atoms with Crippen molar-refractivity contribution in [3.63, 3.8) is 0 Å². The lowest BCUT2D eigenvalue weighted by molar-refractivity contribution is -0.132. The second-order valence-electron chi connectivity index (χ2n) is 8.21. The van der Waals surface area contributed by atoms with Gasteiger partial charge in [0.25, 0.3) is 0 Å². The van der Waals surface area contributed by atoms with E-state index >= 15 is 0 Å². The fourth-order valence-electron chi connectivity index (χ4n) is 3.61. The molecular formula is C25H38BrN3O4S. The minimum atomic E-state index is -3.49. The summed E-state index contributed by atoms with van der Waals surface area (Å²) in [5.41, 5.74) is 2.19. The molecule has 0 bridgehead atoms. The van der Waals surface area contributed by atoms with Gasteiger partial charge in [-0.2, -0.15) is 4.31 Å². The molecule has 1 amide bonds. The van der Waals surface area contributed by atoms with E-state index < -0.39 is 10.0 Å². The number of aromatic nitrogens is 1. The van der Waals surface area contributed by atoms with E-state index in [2.05, 4.69) is 39.6 Å². The van der Waals surface area contributed by atoms with Crippen LogP contribution in [0.4, 0.5) is 0 Å². The molecule has 9 heteroatoms. The van der Waals surface area contributed by atoms with Crippen LogP contribution in [0.1, 0.15) is 51.3 Å². The molecule has 0 radical (unpaired) electrons. The zero-order chi connectivity index (χ0) is 25.0. The Hall–Kier alpha value is -1.68. The predicted octanol–water partition coefficient (Wildman–Crippen LogP) is 4.51. The third kappa shape index (κ3) is 9.17. The molecule has 1 heterocycles. The topological polar surface area (TPSA) is 71.9 Å². The molecule has 1 aromatic heterocycles. The third-order valence-corrected chi connectivity index (χ3v) is 8.00. The van der Waals surface area contributed by atoms with Crippen LogP contribution in [0.5, 0.6) is 0 Å². The Morgan fingerprint density at radius 1 is 1.06 bits per heavy atom. The Morgan fingerprint density at radius 3 is 2.44 bits per heavy atom. The fraction of sp³-hybridized carbons (Fsp3) is 0.560. The zero-order valence-corrected chi connectivity index (χ0v) is 23.0. The molecule has 2 aromatic rings. The molecule has 0 aliphatic carbocycles. The van der Waals surface area contributed by atoms with Crippen molar-refractivity contribution in [3.05, 3.63) is 58.3 Å². The molecule has 190 valence electrons. The quantitative estimate of drug-likeness (QED) is 0.286. The van der Waals surface area contributed by atoms with Crippen molar-refractivity contribution in [2.24, 2.45) is 0 Å². The normalized spacial score (nSPS) is 11.8. The van der Waals surface area contributed by atoms with Crippen molar-refractivity contribution < 1.29 is 17.9 Å². The van der Waals surface area contributed by atoms with Gasteiger partial charge in [-0.3, -0.25) is 4.79 Å². The van der Waals surface area contributed by atoms with Crippen molar-refractivity contribution in [2.45, 2.75) is 53.1 Å². The molecule has 0 saturated heterocycles. The Morgan fingerprint density at radius 2 is 1.79 bits per heavy atom. The lowest BCUT2D eigenvalue weighted by Gasteiger charge is -2.27. The van der Waals surface area contributed by atoms with E-state index in [1.165, 1.54) is 9.87 Å². The maximum Gasteiger partial charge on any atom is 0.238 e. The van der Waals surface area contributed by atoms with E-state index in [0.29, 0.717) is 39.3 Å². The molecule has 0 fully saturated rings. The number of carbonyl (C=O) groups is 1. The molecular weight excluding hydrogens is 518 g/mol. The Labute approximate surface area is 213 Å². The second-order valence-corrected chi connectivity index (χ2v) is 11.4. The number of nitrogens with zero attached hydrogens (tertiary/aromatic N) is 3. The van der Waals surface area contributed by atoms with E-state index in [1.807, 2.05) is 37.4 Å². The lowest BCUT2D eigenvalue weighted by Crippen LogP contribution is -2.44.